The highest BCUT2D eigenvalue weighted by Crippen LogP contribution is 2.40. The van der Waals surface area contributed by atoms with Gasteiger partial charge in [-0.05, 0) is 99.9 Å². The second-order valence-electron chi connectivity index (χ2n) is 16.7. The lowest BCUT2D eigenvalue weighted by atomic mass is 9.90. The number of rotatable bonds is 9. The van der Waals surface area contributed by atoms with Gasteiger partial charge in [0.1, 0.15) is 6.61 Å². The number of aromatic nitrogens is 4. The number of hydrogen-bond acceptors (Lipinski definition) is 9. The minimum Gasteiger partial charge on any atom is -0.445 e. The first-order valence-electron chi connectivity index (χ1n) is 22.6. The van der Waals surface area contributed by atoms with Gasteiger partial charge in [-0.15, -0.1) is 0 Å². The molecule has 66 heavy (non-hydrogen) atoms. The lowest BCUT2D eigenvalue weighted by Gasteiger charge is -2.34. The Kier molecular flexibility index (Phi) is 12.4. The van der Waals surface area contributed by atoms with Crippen LogP contribution in [0, 0.1) is 0 Å². The summed E-state index contributed by atoms with van der Waals surface area (Å²) < 4.78 is 5.40. The van der Waals surface area contributed by atoms with E-state index < -0.39 is 6.09 Å². The van der Waals surface area contributed by atoms with Crippen LogP contribution in [0.4, 0.5) is 28.1 Å². The topological polar surface area (TPSA) is 122 Å². The lowest BCUT2D eigenvalue weighted by Crippen LogP contribution is -2.35. The summed E-state index contributed by atoms with van der Waals surface area (Å²) in [5.74, 6) is 2.00. The fourth-order valence-corrected chi connectivity index (χ4v) is 9.11. The number of para-hydroxylation sites is 2. The number of carbonyl (C=O) groups is 1. The maximum absolute atomic E-state index is 12.3. The summed E-state index contributed by atoms with van der Waals surface area (Å²) in [6.07, 6.45) is 5.15. The minimum absolute atomic E-state index is 0.176. The number of amides is 1. The third kappa shape index (κ3) is 9.18. The predicted octanol–water partition coefficient (Wildman–Crippen LogP) is 11.7. The van der Waals surface area contributed by atoms with Crippen LogP contribution in [0.2, 0.25) is 0 Å². The van der Waals surface area contributed by atoms with E-state index in [4.69, 9.17) is 20.4 Å². The van der Waals surface area contributed by atoms with Crippen LogP contribution in [0.5, 0.6) is 0 Å². The van der Waals surface area contributed by atoms with Crippen molar-refractivity contribution < 1.29 is 9.53 Å². The number of nitrogens with two attached hydrogens (primary N) is 1. The van der Waals surface area contributed by atoms with Crippen LogP contribution in [0.25, 0.3) is 44.1 Å². The molecule has 2 atom stereocenters. The van der Waals surface area contributed by atoms with Crippen LogP contribution < -0.4 is 20.9 Å². The predicted molar refractivity (Wildman–Crippen MR) is 265 cm³/mol. The van der Waals surface area contributed by atoms with Gasteiger partial charge in [0.2, 0.25) is 11.9 Å². The second-order valence-corrected chi connectivity index (χ2v) is 16.7. The molecule has 11 rings (SSSR count). The third-order valence-electron chi connectivity index (χ3n) is 12.6. The first kappa shape index (κ1) is 42.0. The van der Waals surface area contributed by atoms with Crippen LogP contribution in [0.15, 0.2) is 188 Å². The second kappa shape index (κ2) is 19.4. The van der Waals surface area contributed by atoms with E-state index in [1.807, 2.05) is 67.0 Å². The van der Waals surface area contributed by atoms with Gasteiger partial charge >= 0.3 is 6.09 Å². The number of fused-ring (bicyclic) bond motifs is 4. The number of anilines is 4. The van der Waals surface area contributed by atoms with E-state index in [9.17, 15) is 4.79 Å². The number of nitrogens with zero attached hydrogens (tertiary/aromatic N) is 6. The van der Waals surface area contributed by atoms with Crippen LogP contribution in [-0.2, 0) is 11.3 Å². The molecule has 3 N–H and O–H groups in total. The fourth-order valence-electron chi connectivity index (χ4n) is 9.11. The highest BCUT2D eigenvalue weighted by molar-refractivity contribution is 5.88. The van der Waals surface area contributed by atoms with Gasteiger partial charge < -0.3 is 25.6 Å². The van der Waals surface area contributed by atoms with Gasteiger partial charge in [0, 0.05) is 60.4 Å². The molecule has 9 aromatic rings. The van der Waals surface area contributed by atoms with Crippen molar-refractivity contribution in [3.05, 3.63) is 205 Å². The van der Waals surface area contributed by atoms with Crippen molar-refractivity contribution in [3.63, 3.8) is 0 Å². The molecule has 0 spiro atoms. The molecule has 2 aliphatic heterocycles. The fraction of sp³-hybridized carbons (Fsp3) is 0.161. The van der Waals surface area contributed by atoms with Crippen molar-refractivity contribution in [2.75, 3.05) is 36.0 Å². The van der Waals surface area contributed by atoms with Gasteiger partial charge in [0.05, 0.1) is 11.4 Å². The zero-order valence-corrected chi connectivity index (χ0v) is 36.6. The summed E-state index contributed by atoms with van der Waals surface area (Å²) in [4.78, 5) is 35.8. The van der Waals surface area contributed by atoms with Crippen molar-refractivity contribution in [1.29, 1.82) is 0 Å². The molecule has 0 fully saturated rings. The van der Waals surface area contributed by atoms with Gasteiger partial charge in [-0.2, -0.15) is 0 Å². The number of carbonyl (C=O) groups excluding carboxylic acids is 1. The standard InChI is InChI=1S/C32H28N4O2.C24H22N4/c37-32(38-22-23-8-2-1-3-9-23)34-21-27-17-19-36(30-13-7-6-12-28(27)30)31-33-18-16-29(35-31)26-15-14-24-10-4-5-11-25(24)20-26;25-16-20-12-14-28(23-8-4-3-7-21(20)23)24-26-13-11-22(27-24)19-10-9-17-5-1-2-6-18(17)15-19/h1-16,18,20,27H,17,19,21-22H2,(H,34,37);1-11,13,15,20H,12,14,16,25H2. The molecule has 7 aromatic carbocycles. The number of alkyl carbamates (subject to hydrolysis) is 1. The number of hydrogen-bond donors (Lipinski definition) is 2. The molecule has 10 nitrogen and oxygen atoms in total. The summed E-state index contributed by atoms with van der Waals surface area (Å²) in [5, 5.41) is 7.80. The van der Waals surface area contributed by atoms with Crippen LogP contribution in [0.1, 0.15) is 41.4 Å². The first-order chi connectivity index (χ1) is 32.6. The average Bonchev–Trinajstić information content (AvgIpc) is 3.39. The van der Waals surface area contributed by atoms with Crippen molar-refractivity contribution in [3.8, 4) is 22.5 Å². The summed E-state index contributed by atoms with van der Waals surface area (Å²) in [7, 11) is 0. The van der Waals surface area contributed by atoms with Crippen molar-refractivity contribution in [2.24, 2.45) is 5.73 Å². The Hall–Kier alpha value is -7.95. The smallest absolute Gasteiger partial charge is 0.407 e. The Morgan fingerprint density at radius 2 is 1.05 bits per heavy atom. The van der Waals surface area contributed by atoms with Crippen LogP contribution in [0.3, 0.4) is 0 Å². The van der Waals surface area contributed by atoms with E-state index in [0.717, 1.165) is 65.6 Å². The summed E-state index contributed by atoms with van der Waals surface area (Å²) >= 11 is 0. The minimum atomic E-state index is -0.403. The maximum Gasteiger partial charge on any atom is 0.407 e. The van der Waals surface area contributed by atoms with Gasteiger partial charge in [-0.1, -0.05) is 140 Å². The number of ether oxygens (including phenoxy) is 1. The highest BCUT2D eigenvalue weighted by atomic mass is 16.5. The molecular weight excluding hydrogens is 817 g/mol. The molecule has 0 saturated carbocycles. The summed E-state index contributed by atoms with van der Waals surface area (Å²) in [6, 6.07) is 60.0. The van der Waals surface area contributed by atoms with Gasteiger partial charge in [-0.3, -0.25) is 0 Å². The quantitative estimate of drug-likeness (QED) is 0.146. The molecule has 0 bridgehead atoms. The first-order valence-corrected chi connectivity index (χ1v) is 22.6. The lowest BCUT2D eigenvalue weighted by molar-refractivity contribution is 0.139. The Labute approximate surface area is 384 Å². The molecule has 4 heterocycles. The molecule has 2 unspecified atom stereocenters. The Bertz CT molecular complexity index is 3130. The third-order valence-corrected chi connectivity index (χ3v) is 12.6. The molecule has 2 aromatic heterocycles. The molecule has 10 heteroatoms. The van der Waals surface area contributed by atoms with Gasteiger partial charge in [0.15, 0.2) is 0 Å². The van der Waals surface area contributed by atoms with E-state index in [1.54, 1.807) is 0 Å². The Morgan fingerprint density at radius 1 is 0.561 bits per heavy atom. The molecule has 0 saturated heterocycles. The van der Waals surface area contributed by atoms with Crippen molar-refractivity contribution >= 4 is 50.9 Å². The summed E-state index contributed by atoms with van der Waals surface area (Å²) in [6.45, 7) is 3.07. The molecule has 0 aliphatic carbocycles. The van der Waals surface area contributed by atoms with E-state index in [2.05, 4.69) is 146 Å². The van der Waals surface area contributed by atoms with E-state index >= 15 is 0 Å². The molecule has 1 amide bonds. The van der Waals surface area contributed by atoms with Crippen molar-refractivity contribution in [2.45, 2.75) is 31.3 Å². The zero-order chi connectivity index (χ0) is 44.7. The molecular formula is C56H50N8O2. The van der Waals surface area contributed by atoms with E-state index in [0.29, 0.717) is 25.0 Å². The average molecular weight is 867 g/mol. The Morgan fingerprint density at radius 3 is 1.61 bits per heavy atom. The van der Waals surface area contributed by atoms with E-state index in [1.165, 1.54) is 38.4 Å². The van der Waals surface area contributed by atoms with E-state index in [-0.39, 0.29) is 12.5 Å². The number of benzene rings is 7. The zero-order valence-electron chi connectivity index (χ0n) is 36.6. The van der Waals surface area contributed by atoms with Gasteiger partial charge in [-0.25, -0.2) is 24.7 Å². The van der Waals surface area contributed by atoms with Gasteiger partial charge in [0.25, 0.3) is 0 Å². The monoisotopic (exact) mass is 866 g/mol. The molecule has 0 radical (unpaired) electrons. The normalized spacial score (nSPS) is 15.3. The van der Waals surface area contributed by atoms with Crippen LogP contribution >= 0.6 is 0 Å². The number of nitrogens with one attached hydrogen (secondary N) is 1. The van der Waals surface area contributed by atoms with Crippen LogP contribution in [-0.4, -0.2) is 52.2 Å². The highest BCUT2D eigenvalue weighted by Gasteiger charge is 2.29. The molecule has 326 valence electrons. The Balaban J connectivity index is 0.000000162. The summed E-state index contributed by atoms with van der Waals surface area (Å²) in [5.41, 5.74) is 15.7. The maximum atomic E-state index is 12.3. The molecule has 2 aliphatic rings. The van der Waals surface area contributed by atoms with Crippen molar-refractivity contribution in [1.82, 2.24) is 25.3 Å². The largest absolute Gasteiger partial charge is 0.445 e. The SMILES string of the molecule is NCC1CCN(c2nccc(-c3ccc4ccccc4c3)n2)c2ccccc21.O=C(NCC1CCN(c2nccc(-c3ccc4ccccc4c3)n2)c2ccccc21)OCc1ccccc1.